The number of carbonyl (C=O) groups is 1. The fraction of sp³-hybridized carbons (Fsp3) is 0.529. The van der Waals surface area contributed by atoms with Crippen molar-refractivity contribution in [2.75, 3.05) is 11.9 Å². The SMILES string of the molecule is CC(=N)c1cccc(NC(=O)CCCCCCCCN)c1. The van der Waals surface area contributed by atoms with Gasteiger partial charge in [-0.05, 0) is 44.0 Å². The van der Waals surface area contributed by atoms with Crippen LogP contribution in [0.15, 0.2) is 24.3 Å². The van der Waals surface area contributed by atoms with Gasteiger partial charge in [0.2, 0.25) is 5.91 Å². The van der Waals surface area contributed by atoms with Gasteiger partial charge in [0.25, 0.3) is 0 Å². The standard InChI is InChI=1S/C17H27N3O/c1-14(19)15-9-8-10-16(13-15)20-17(21)11-6-4-2-3-5-7-12-18/h8-10,13,19H,2-7,11-12,18H2,1H3,(H,20,21). The number of hydrogen-bond acceptors (Lipinski definition) is 3. The summed E-state index contributed by atoms with van der Waals surface area (Å²) in [5, 5.41) is 10.5. The quantitative estimate of drug-likeness (QED) is 0.453. The van der Waals surface area contributed by atoms with Crippen molar-refractivity contribution < 1.29 is 4.79 Å². The molecule has 4 N–H and O–H groups in total. The average Bonchev–Trinajstić information content (AvgIpc) is 2.46. The molecule has 0 saturated carbocycles. The molecule has 4 nitrogen and oxygen atoms in total. The van der Waals surface area contributed by atoms with E-state index in [2.05, 4.69) is 5.32 Å². The minimum Gasteiger partial charge on any atom is -0.330 e. The predicted octanol–water partition coefficient (Wildman–Crippen LogP) is 3.70. The van der Waals surface area contributed by atoms with Crippen LogP contribution >= 0.6 is 0 Å². The molecule has 0 atom stereocenters. The molecule has 0 saturated heterocycles. The summed E-state index contributed by atoms with van der Waals surface area (Å²) in [6.07, 6.45) is 7.26. The zero-order chi connectivity index (χ0) is 15.5. The van der Waals surface area contributed by atoms with Gasteiger partial charge in [0.05, 0.1) is 0 Å². The number of nitrogens with one attached hydrogen (secondary N) is 2. The maximum Gasteiger partial charge on any atom is 0.224 e. The minimum absolute atomic E-state index is 0.0525. The molecule has 0 radical (unpaired) electrons. The van der Waals surface area contributed by atoms with Crippen LogP contribution < -0.4 is 11.1 Å². The maximum atomic E-state index is 11.8. The summed E-state index contributed by atoms with van der Waals surface area (Å²) in [5.41, 5.74) is 7.56. The molecule has 1 rings (SSSR count). The molecule has 0 bridgehead atoms. The van der Waals surface area contributed by atoms with E-state index in [4.69, 9.17) is 11.1 Å². The van der Waals surface area contributed by atoms with Crippen LogP contribution in [0.1, 0.15) is 57.4 Å². The summed E-state index contributed by atoms with van der Waals surface area (Å²) in [6, 6.07) is 7.43. The van der Waals surface area contributed by atoms with E-state index in [1.165, 1.54) is 19.3 Å². The summed E-state index contributed by atoms with van der Waals surface area (Å²) in [4.78, 5) is 11.8. The number of carbonyl (C=O) groups excluding carboxylic acids is 1. The normalized spacial score (nSPS) is 10.4. The van der Waals surface area contributed by atoms with Gasteiger partial charge < -0.3 is 16.5 Å². The van der Waals surface area contributed by atoms with Crippen molar-refractivity contribution in [2.24, 2.45) is 5.73 Å². The molecule has 1 aromatic carbocycles. The van der Waals surface area contributed by atoms with E-state index in [1.807, 2.05) is 24.3 Å². The molecule has 0 spiro atoms. The van der Waals surface area contributed by atoms with E-state index in [0.717, 1.165) is 37.1 Å². The van der Waals surface area contributed by atoms with Crippen LogP contribution in [0.5, 0.6) is 0 Å². The molecule has 0 aliphatic heterocycles. The Labute approximate surface area is 127 Å². The Hall–Kier alpha value is -1.68. The van der Waals surface area contributed by atoms with E-state index in [0.29, 0.717) is 12.1 Å². The number of hydrogen-bond donors (Lipinski definition) is 3. The number of unbranched alkanes of at least 4 members (excludes halogenated alkanes) is 5. The second-order valence-electron chi connectivity index (χ2n) is 5.41. The van der Waals surface area contributed by atoms with Gasteiger partial charge in [0.15, 0.2) is 0 Å². The van der Waals surface area contributed by atoms with Gasteiger partial charge in [-0.25, -0.2) is 0 Å². The Kier molecular flexibility index (Phi) is 8.36. The van der Waals surface area contributed by atoms with E-state index in [1.54, 1.807) is 6.92 Å². The second-order valence-corrected chi connectivity index (χ2v) is 5.41. The van der Waals surface area contributed by atoms with E-state index < -0.39 is 0 Å². The third-order valence-electron chi connectivity index (χ3n) is 3.44. The summed E-state index contributed by atoms with van der Waals surface area (Å²) in [6.45, 7) is 2.52. The molecule has 0 fully saturated rings. The van der Waals surface area contributed by atoms with Crippen molar-refractivity contribution in [1.82, 2.24) is 0 Å². The Morgan fingerprint density at radius 3 is 2.48 bits per heavy atom. The van der Waals surface area contributed by atoms with Gasteiger partial charge in [-0.15, -0.1) is 0 Å². The van der Waals surface area contributed by atoms with E-state index in [9.17, 15) is 4.79 Å². The van der Waals surface area contributed by atoms with Gasteiger partial charge in [-0.1, -0.05) is 37.8 Å². The number of rotatable bonds is 10. The van der Waals surface area contributed by atoms with Crippen molar-refractivity contribution >= 4 is 17.3 Å². The van der Waals surface area contributed by atoms with Crippen molar-refractivity contribution in [3.05, 3.63) is 29.8 Å². The summed E-state index contributed by atoms with van der Waals surface area (Å²) >= 11 is 0. The zero-order valence-corrected chi connectivity index (χ0v) is 13.0. The van der Waals surface area contributed by atoms with Crippen molar-refractivity contribution in [3.8, 4) is 0 Å². The van der Waals surface area contributed by atoms with Crippen molar-refractivity contribution in [1.29, 1.82) is 5.41 Å². The highest BCUT2D eigenvalue weighted by Gasteiger charge is 2.03. The summed E-state index contributed by atoms with van der Waals surface area (Å²) in [5.74, 6) is 0.0525. The van der Waals surface area contributed by atoms with Crippen LogP contribution in [0.4, 0.5) is 5.69 Å². The number of anilines is 1. The van der Waals surface area contributed by atoms with Crippen LogP contribution in [0.2, 0.25) is 0 Å². The number of benzene rings is 1. The zero-order valence-electron chi connectivity index (χ0n) is 13.0. The minimum atomic E-state index is 0.0525. The monoisotopic (exact) mass is 289 g/mol. The first-order valence-electron chi connectivity index (χ1n) is 7.79. The molecule has 0 unspecified atom stereocenters. The lowest BCUT2D eigenvalue weighted by molar-refractivity contribution is -0.116. The fourth-order valence-corrected chi connectivity index (χ4v) is 2.19. The average molecular weight is 289 g/mol. The maximum absolute atomic E-state index is 11.8. The highest BCUT2D eigenvalue weighted by molar-refractivity contribution is 5.98. The molecule has 1 amide bonds. The van der Waals surface area contributed by atoms with Crippen LogP contribution in [-0.2, 0) is 4.79 Å². The molecular weight excluding hydrogens is 262 g/mol. The lowest BCUT2D eigenvalue weighted by atomic mass is 10.1. The molecule has 0 aromatic heterocycles. The first kappa shape index (κ1) is 17.4. The van der Waals surface area contributed by atoms with Crippen LogP contribution in [-0.4, -0.2) is 18.2 Å². The molecule has 1 aromatic rings. The Balaban J connectivity index is 2.21. The van der Waals surface area contributed by atoms with E-state index in [-0.39, 0.29) is 5.91 Å². The summed E-state index contributed by atoms with van der Waals surface area (Å²) < 4.78 is 0. The lowest BCUT2D eigenvalue weighted by Gasteiger charge is -2.07. The van der Waals surface area contributed by atoms with Gasteiger partial charge in [0.1, 0.15) is 0 Å². The molecule has 0 heterocycles. The molecule has 0 aliphatic carbocycles. The molecule has 0 aliphatic rings. The first-order valence-corrected chi connectivity index (χ1v) is 7.79. The van der Waals surface area contributed by atoms with Crippen LogP contribution in [0.3, 0.4) is 0 Å². The highest BCUT2D eigenvalue weighted by Crippen LogP contribution is 2.13. The Bertz CT molecular complexity index is 457. The third-order valence-corrected chi connectivity index (χ3v) is 3.44. The largest absolute Gasteiger partial charge is 0.330 e. The lowest BCUT2D eigenvalue weighted by Crippen LogP contribution is -2.11. The third kappa shape index (κ3) is 7.61. The molecule has 116 valence electrons. The number of nitrogens with two attached hydrogens (primary N) is 1. The van der Waals surface area contributed by atoms with Gasteiger partial charge in [-0.2, -0.15) is 0 Å². The van der Waals surface area contributed by atoms with Crippen LogP contribution in [0.25, 0.3) is 0 Å². The topological polar surface area (TPSA) is 79.0 Å². The summed E-state index contributed by atoms with van der Waals surface area (Å²) in [7, 11) is 0. The first-order chi connectivity index (χ1) is 10.1. The fourth-order valence-electron chi connectivity index (χ4n) is 2.19. The van der Waals surface area contributed by atoms with Crippen LogP contribution in [0, 0.1) is 5.41 Å². The van der Waals surface area contributed by atoms with Crippen molar-refractivity contribution in [2.45, 2.75) is 51.9 Å². The van der Waals surface area contributed by atoms with Gasteiger partial charge in [0, 0.05) is 17.8 Å². The van der Waals surface area contributed by atoms with Crippen molar-refractivity contribution in [3.63, 3.8) is 0 Å². The molecule has 21 heavy (non-hydrogen) atoms. The highest BCUT2D eigenvalue weighted by atomic mass is 16.1. The predicted molar refractivity (Wildman–Crippen MR) is 88.9 cm³/mol. The smallest absolute Gasteiger partial charge is 0.224 e. The number of amides is 1. The van der Waals surface area contributed by atoms with E-state index >= 15 is 0 Å². The van der Waals surface area contributed by atoms with Gasteiger partial charge in [-0.3, -0.25) is 4.79 Å². The second kappa shape index (κ2) is 10.1. The molecule has 4 heteroatoms. The molecular formula is C17H27N3O. The Morgan fingerprint density at radius 2 is 1.81 bits per heavy atom. The Morgan fingerprint density at radius 1 is 1.14 bits per heavy atom. The van der Waals surface area contributed by atoms with Gasteiger partial charge >= 0.3 is 0 Å².